The lowest BCUT2D eigenvalue weighted by Crippen LogP contribution is -2.33. The van der Waals surface area contributed by atoms with Gasteiger partial charge >= 0.3 is 0 Å². The number of carbonyl (C=O) groups is 1. The first-order valence-electron chi connectivity index (χ1n) is 4.45. The molecule has 0 fully saturated rings. The van der Waals surface area contributed by atoms with Gasteiger partial charge in [0.05, 0.1) is 0 Å². The van der Waals surface area contributed by atoms with Gasteiger partial charge in [-0.15, -0.1) is 0 Å². The summed E-state index contributed by atoms with van der Waals surface area (Å²) in [5, 5.41) is 18.8. The second kappa shape index (κ2) is 4.29. The van der Waals surface area contributed by atoms with Crippen LogP contribution in [0.15, 0.2) is 18.2 Å². The number of aryl methyl sites for hydroxylation is 1. The van der Waals surface area contributed by atoms with E-state index >= 15 is 0 Å². The monoisotopic (exact) mass is 210 g/mol. The maximum atomic E-state index is 10.6. The predicted octanol–water partition coefficient (Wildman–Crippen LogP) is -0.543. The van der Waals surface area contributed by atoms with Crippen molar-refractivity contribution in [2.75, 3.05) is 5.73 Å². The summed E-state index contributed by atoms with van der Waals surface area (Å²) in [6, 6.07) is 4.79. The number of rotatable bonds is 3. The minimum Gasteiger partial charge on any atom is -0.399 e. The zero-order valence-electron chi connectivity index (χ0n) is 8.34. The Kier molecular flexibility index (Phi) is 3.28. The summed E-state index contributed by atoms with van der Waals surface area (Å²) in [5.74, 6) is -0.971. The Morgan fingerprint density at radius 1 is 1.40 bits per heavy atom. The average molecular weight is 210 g/mol. The third-order valence-electron chi connectivity index (χ3n) is 2.24. The quantitative estimate of drug-likeness (QED) is 0.502. The number of aliphatic hydroxyl groups excluding tert-OH is 2. The molecule has 2 unspecified atom stereocenters. The second-order valence-corrected chi connectivity index (χ2v) is 3.41. The normalized spacial score (nSPS) is 14.6. The van der Waals surface area contributed by atoms with Gasteiger partial charge in [0.25, 0.3) is 0 Å². The highest BCUT2D eigenvalue weighted by atomic mass is 16.3. The van der Waals surface area contributed by atoms with Crippen LogP contribution in [0.4, 0.5) is 5.69 Å². The molecule has 0 aliphatic heterocycles. The molecule has 0 spiro atoms. The number of nitrogens with two attached hydrogens (primary N) is 2. The van der Waals surface area contributed by atoms with Gasteiger partial charge in [0, 0.05) is 5.69 Å². The molecule has 0 aliphatic rings. The van der Waals surface area contributed by atoms with Crippen molar-refractivity contribution in [1.82, 2.24) is 0 Å². The van der Waals surface area contributed by atoms with Crippen LogP contribution >= 0.6 is 0 Å². The molecule has 0 saturated carbocycles. The zero-order valence-corrected chi connectivity index (χ0v) is 8.34. The fourth-order valence-electron chi connectivity index (χ4n) is 1.18. The molecule has 5 nitrogen and oxygen atoms in total. The number of primary amides is 1. The Hall–Kier alpha value is -1.59. The highest BCUT2D eigenvalue weighted by Crippen LogP contribution is 2.21. The Morgan fingerprint density at radius 2 is 2.00 bits per heavy atom. The summed E-state index contributed by atoms with van der Waals surface area (Å²) in [4.78, 5) is 10.6. The predicted molar refractivity (Wildman–Crippen MR) is 55.8 cm³/mol. The maximum absolute atomic E-state index is 10.6. The number of hydrogen-bond donors (Lipinski definition) is 4. The van der Waals surface area contributed by atoms with Crippen molar-refractivity contribution in [2.45, 2.75) is 19.1 Å². The molecule has 0 aliphatic carbocycles. The fourth-order valence-corrected chi connectivity index (χ4v) is 1.18. The number of carbonyl (C=O) groups excluding carboxylic acids is 1. The maximum Gasteiger partial charge on any atom is 0.249 e. The van der Waals surface area contributed by atoms with Gasteiger partial charge in [-0.05, 0) is 24.1 Å². The Bertz CT molecular complexity index is 379. The molecule has 0 saturated heterocycles. The lowest BCUT2D eigenvalue weighted by atomic mass is 10.0. The van der Waals surface area contributed by atoms with Crippen LogP contribution in [0.1, 0.15) is 17.2 Å². The molecule has 5 heteroatoms. The van der Waals surface area contributed by atoms with E-state index in [0.29, 0.717) is 11.3 Å². The van der Waals surface area contributed by atoms with E-state index in [1.54, 1.807) is 12.1 Å². The summed E-state index contributed by atoms with van der Waals surface area (Å²) in [7, 11) is 0. The zero-order chi connectivity index (χ0) is 11.6. The van der Waals surface area contributed by atoms with Gasteiger partial charge < -0.3 is 21.7 Å². The van der Waals surface area contributed by atoms with E-state index in [1.165, 1.54) is 6.07 Å². The molecule has 1 rings (SSSR count). The molecule has 82 valence electrons. The van der Waals surface area contributed by atoms with Crippen LogP contribution in [0, 0.1) is 6.92 Å². The molecule has 1 aromatic rings. The van der Waals surface area contributed by atoms with Crippen molar-refractivity contribution >= 4 is 11.6 Å². The second-order valence-electron chi connectivity index (χ2n) is 3.41. The number of amides is 1. The Morgan fingerprint density at radius 3 is 2.47 bits per heavy atom. The summed E-state index contributed by atoms with van der Waals surface area (Å²) in [6.45, 7) is 1.82. The molecule has 15 heavy (non-hydrogen) atoms. The van der Waals surface area contributed by atoms with E-state index in [0.717, 1.165) is 5.56 Å². The van der Waals surface area contributed by atoms with Crippen LogP contribution in [0.2, 0.25) is 0 Å². The van der Waals surface area contributed by atoms with Gasteiger partial charge in [0.15, 0.2) is 6.10 Å². The van der Waals surface area contributed by atoms with E-state index in [2.05, 4.69) is 0 Å². The lowest BCUT2D eigenvalue weighted by Gasteiger charge is -2.15. The SMILES string of the molecule is Cc1ccc(C(O)C(O)C(N)=O)cc1N. The Balaban J connectivity index is 2.96. The van der Waals surface area contributed by atoms with Gasteiger partial charge in [-0.25, -0.2) is 0 Å². The summed E-state index contributed by atoms with van der Waals surface area (Å²) in [6.07, 6.45) is -2.96. The van der Waals surface area contributed by atoms with Crippen molar-refractivity contribution in [3.05, 3.63) is 29.3 Å². The van der Waals surface area contributed by atoms with Crippen molar-refractivity contribution in [1.29, 1.82) is 0 Å². The third-order valence-corrected chi connectivity index (χ3v) is 2.24. The van der Waals surface area contributed by atoms with E-state index < -0.39 is 18.1 Å². The van der Waals surface area contributed by atoms with Crippen LogP contribution in [0.3, 0.4) is 0 Å². The smallest absolute Gasteiger partial charge is 0.249 e. The average Bonchev–Trinajstić information content (AvgIpc) is 2.19. The molecule has 0 heterocycles. The van der Waals surface area contributed by atoms with Crippen LogP contribution in [-0.2, 0) is 4.79 Å². The number of aliphatic hydroxyl groups is 2. The van der Waals surface area contributed by atoms with Gasteiger partial charge in [-0.2, -0.15) is 0 Å². The molecule has 1 aromatic carbocycles. The van der Waals surface area contributed by atoms with Crippen LogP contribution in [0.5, 0.6) is 0 Å². The van der Waals surface area contributed by atoms with Crippen LogP contribution < -0.4 is 11.5 Å². The van der Waals surface area contributed by atoms with Crippen molar-refractivity contribution in [3.63, 3.8) is 0 Å². The number of hydrogen-bond acceptors (Lipinski definition) is 4. The number of nitrogen functional groups attached to an aromatic ring is 1. The van der Waals surface area contributed by atoms with Crippen molar-refractivity contribution in [3.8, 4) is 0 Å². The lowest BCUT2D eigenvalue weighted by molar-refractivity contribution is -0.131. The highest BCUT2D eigenvalue weighted by molar-refractivity contribution is 5.79. The molecule has 0 aromatic heterocycles. The Labute approximate surface area is 87.3 Å². The van der Waals surface area contributed by atoms with Crippen molar-refractivity contribution in [2.24, 2.45) is 5.73 Å². The van der Waals surface area contributed by atoms with E-state index in [9.17, 15) is 15.0 Å². The molecule has 0 radical (unpaired) electrons. The summed E-state index contributed by atoms with van der Waals surface area (Å²) in [5.41, 5.74) is 12.2. The third kappa shape index (κ3) is 2.45. The summed E-state index contributed by atoms with van der Waals surface area (Å²) < 4.78 is 0. The standard InChI is InChI=1S/C10H14N2O3/c1-5-2-3-6(4-7(5)11)8(13)9(14)10(12)15/h2-4,8-9,13-14H,11H2,1H3,(H2,12,15). The first-order chi connectivity index (χ1) is 6.93. The first kappa shape index (κ1) is 11.5. The van der Waals surface area contributed by atoms with Gasteiger partial charge in [-0.1, -0.05) is 12.1 Å². The van der Waals surface area contributed by atoms with E-state index in [4.69, 9.17) is 11.5 Å². The number of anilines is 1. The molecular formula is C10H14N2O3. The first-order valence-corrected chi connectivity index (χ1v) is 4.45. The van der Waals surface area contributed by atoms with Gasteiger partial charge in [0.1, 0.15) is 6.10 Å². The molecular weight excluding hydrogens is 196 g/mol. The van der Waals surface area contributed by atoms with Crippen LogP contribution in [0.25, 0.3) is 0 Å². The van der Waals surface area contributed by atoms with E-state index in [-0.39, 0.29) is 0 Å². The van der Waals surface area contributed by atoms with Gasteiger partial charge in [0.2, 0.25) is 5.91 Å². The van der Waals surface area contributed by atoms with Gasteiger partial charge in [-0.3, -0.25) is 4.79 Å². The van der Waals surface area contributed by atoms with Crippen molar-refractivity contribution < 1.29 is 15.0 Å². The molecule has 1 amide bonds. The topological polar surface area (TPSA) is 110 Å². The number of benzene rings is 1. The molecule has 0 bridgehead atoms. The minimum absolute atomic E-state index is 0.365. The highest BCUT2D eigenvalue weighted by Gasteiger charge is 2.23. The minimum atomic E-state index is -1.62. The molecule has 2 atom stereocenters. The summed E-state index contributed by atoms with van der Waals surface area (Å²) >= 11 is 0. The van der Waals surface area contributed by atoms with E-state index in [1.807, 2.05) is 6.92 Å². The van der Waals surface area contributed by atoms with Crippen LogP contribution in [-0.4, -0.2) is 22.2 Å². The fraction of sp³-hybridized carbons (Fsp3) is 0.300. The molecule has 6 N–H and O–H groups in total. The largest absolute Gasteiger partial charge is 0.399 e.